The molecule has 2 bridgehead atoms. The Morgan fingerprint density at radius 2 is 2.12 bits per heavy atom. The zero-order valence-corrected chi connectivity index (χ0v) is 15.1. The van der Waals surface area contributed by atoms with Crippen molar-refractivity contribution >= 4 is 28.8 Å². The molecule has 24 heavy (non-hydrogen) atoms. The van der Waals surface area contributed by atoms with Crippen molar-refractivity contribution in [3.63, 3.8) is 0 Å². The van der Waals surface area contributed by atoms with E-state index in [9.17, 15) is 4.79 Å². The molecule has 5 rings (SSSR count). The third-order valence-electron chi connectivity index (χ3n) is 5.32. The van der Waals surface area contributed by atoms with E-state index >= 15 is 0 Å². The van der Waals surface area contributed by atoms with Crippen LogP contribution in [-0.2, 0) is 0 Å². The van der Waals surface area contributed by atoms with Crippen LogP contribution in [0.25, 0.3) is 10.4 Å². The van der Waals surface area contributed by atoms with Crippen molar-refractivity contribution < 1.29 is 4.79 Å². The van der Waals surface area contributed by atoms with Gasteiger partial charge in [0.15, 0.2) is 0 Å². The molecular formula is C18H20ClN3OS. The van der Waals surface area contributed by atoms with Crippen molar-refractivity contribution in [1.82, 2.24) is 15.2 Å². The minimum Gasteiger partial charge on any atom is -0.347 e. The van der Waals surface area contributed by atoms with Crippen LogP contribution >= 0.6 is 22.9 Å². The molecule has 126 valence electrons. The highest BCUT2D eigenvalue weighted by molar-refractivity contribution is 7.17. The molecule has 0 aliphatic carbocycles. The molecule has 3 saturated heterocycles. The van der Waals surface area contributed by atoms with Gasteiger partial charge in [-0.15, -0.1) is 11.3 Å². The van der Waals surface area contributed by atoms with E-state index in [2.05, 4.69) is 22.1 Å². The van der Waals surface area contributed by atoms with E-state index < -0.39 is 0 Å². The summed E-state index contributed by atoms with van der Waals surface area (Å²) in [5.74, 6) is 0.657. The number of carbonyl (C=O) groups is 1. The van der Waals surface area contributed by atoms with Gasteiger partial charge in [-0.05, 0) is 68.6 Å². The van der Waals surface area contributed by atoms with Crippen LogP contribution < -0.4 is 5.32 Å². The maximum absolute atomic E-state index is 12.7. The molecule has 2 aromatic heterocycles. The number of pyridine rings is 1. The lowest BCUT2D eigenvalue weighted by molar-refractivity contribution is 0.0218. The fraction of sp³-hybridized carbons (Fsp3) is 0.444. The maximum Gasteiger partial charge on any atom is 0.261 e. The molecule has 0 saturated carbocycles. The summed E-state index contributed by atoms with van der Waals surface area (Å²) in [5, 5.41) is 3.75. The first-order chi connectivity index (χ1) is 11.6. The number of aromatic nitrogens is 1. The zero-order valence-electron chi connectivity index (χ0n) is 13.5. The molecular weight excluding hydrogens is 342 g/mol. The molecule has 4 nitrogen and oxygen atoms in total. The average Bonchev–Trinajstić information content (AvgIpc) is 3.09. The summed E-state index contributed by atoms with van der Waals surface area (Å²) in [5.41, 5.74) is 0.996. The molecule has 2 atom stereocenters. The van der Waals surface area contributed by atoms with Crippen LogP contribution in [0.5, 0.6) is 0 Å². The first-order valence-corrected chi connectivity index (χ1v) is 9.58. The monoisotopic (exact) mass is 361 g/mol. The van der Waals surface area contributed by atoms with Gasteiger partial charge in [0.25, 0.3) is 5.91 Å². The van der Waals surface area contributed by atoms with E-state index in [1.807, 2.05) is 24.3 Å². The molecule has 5 heterocycles. The maximum atomic E-state index is 12.7. The van der Waals surface area contributed by atoms with Crippen LogP contribution in [-0.4, -0.2) is 41.0 Å². The number of carbonyl (C=O) groups excluding carboxylic acids is 1. The van der Waals surface area contributed by atoms with Crippen LogP contribution in [0.1, 0.15) is 29.4 Å². The Kier molecular flexibility index (Phi) is 4.33. The summed E-state index contributed by atoms with van der Waals surface area (Å²) >= 11 is 7.46. The Hall–Kier alpha value is -1.43. The lowest BCUT2D eigenvalue weighted by atomic mass is 9.79. The summed E-state index contributed by atoms with van der Waals surface area (Å²) in [6.45, 7) is 4.57. The number of nitrogens with one attached hydrogen (secondary N) is 1. The molecule has 0 spiro atoms. The zero-order chi connectivity index (χ0) is 16.7. The summed E-state index contributed by atoms with van der Waals surface area (Å²) in [6, 6.07) is 8.31. The predicted molar refractivity (Wildman–Crippen MR) is 97.6 cm³/mol. The standard InChI is InChI=1S/C18H20ClN3OS/c1-11-17(12-5-8-22(11)9-6-12)21-18(23)15-3-2-14(24-15)13-4-7-20-16(19)10-13/h2-4,7,10-12,17H,5-6,8-9H2,1H3,(H,21,23). The van der Waals surface area contributed by atoms with Gasteiger partial charge in [-0.2, -0.15) is 0 Å². The van der Waals surface area contributed by atoms with Crippen molar-refractivity contribution in [1.29, 1.82) is 0 Å². The Bertz CT molecular complexity index is 752. The quantitative estimate of drug-likeness (QED) is 0.848. The van der Waals surface area contributed by atoms with Crippen LogP contribution in [0, 0.1) is 5.92 Å². The van der Waals surface area contributed by atoms with Crippen LogP contribution in [0.2, 0.25) is 5.15 Å². The average molecular weight is 362 g/mol. The molecule has 1 N–H and O–H groups in total. The molecule has 6 heteroatoms. The molecule has 3 aliphatic rings. The number of amides is 1. The van der Waals surface area contributed by atoms with E-state index in [1.54, 1.807) is 6.20 Å². The summed E-state index contributed by atoms with van der Waals surface area (Å²) in [7, 11) is 0. The number of thiophene rings is 1. The second kappa shape index (κ2) is 6.47. The van der Waals surface area contributed by atoms with Crippen molar-refractivity contribution in [3.05, 3.63) is 40.5 Å². The van der Waals surface area contributed by atoms with Gasteiger partial charge in [-0.3, -0.25) is 9.69 Å². The first kappa shape index (κ1) is 16.1. The van der Waals surface area contributed by atoms with E-state index in [-0.39, 0.29) is 11.9 Å². The SMILES string of the molecule is CC1C(NC(=O)c2ccc(-c3ccnc(Cl)c3)s2)C2CCN1CC2. The highest BCUT2D eigenvalue weighted by Crippen LogP contribution is 2.33. The summed E-state index contributed by atoms with van der Waals surface area (Å²) < 4.78 is 0. The highest BCUT2D eigenvalue weighted by Gasteiger charge is 2.40. The summed E-state index contributed by atoms with van der Waals surface area (Å²) in [4.78, 5) is 21.0. The fourth-order valence-corrected chi connectivity index (χ4v) is 5.02. The number of piperidine rings is 3. The molecule has 3 aliphatic heterocycles. The second-order valence-electron chi connectivity index (χ2n) is 6.64. The number of rotatable bonds is 3. The van der Waals surface area contributed by atoms with E-state index in [0.717, 1.165) is 15.3 Å². The molecule has 1 amide bonds. The topological polar surface area (TPSA) is 45.2 Å². The largest absolute Gasteiger partial charge is 0.347 e. The van der Waals surface area contributed by atoms with Crippen LogP contribution in [0.3, 0.4) is 0 Å². The second-order valence-corrected chi connectivity index (χ2v) is 8.12. The van der Waals surface area contributed by atoms with Crippen LogP contribution in [0.4, 0.5) is 0 Å². The Morgan fingerprint density at radius 3 is 2.83 bits per heavy atom. The number of halogens is 1. The number of fused-ring (bicyclic) bond motifs is 3. The molecule has 0 radical (unpaired) electrons. The number of hydrogen-bond donors (Lipinski definition) is 1. The number of nitrogens with zero attached hydrogens (tertiary/aromatic N) is 2. The van der Waals surface area contributed by atoms with Crippen molar-refractivity contribution in [2.24, 2.45) is 5.92 Å². The van der Waals surface area contributed by atoms with Gasteiger partial charge in [0, 0.05) is 23.2 Å². The van der Waals surface area contributed by atoms with Gasteiger partial charge in [0.2, 0.25) is 0 Å². The lowest BCUT2D eigenvalue weighted by Gasteiger charge is -2.49. The Labute approximate surface area is 150 Å². The minimum atomic E-state index is 0.0389. The molecule has 2 unspecified atom stereocenters. The Morgan fingerprint density at radius 1 is 1.33 bits per heavy atom. The Balaban J connectivity index is 1.49. The van der Waals surface area contributed by atoms with Gasteiger partial charge in [0.1, 0.15) is 5.15 Å². The van der Waals surface area contributed by atoms with Gasteiger partial charge in [-0.25, -0.2) is 4.98 Å². The number of hydrogen-bond acceptors (Lipinski definition) is 4. The molecule has 2 aromatic rings. The smallest absolute Gasteiger partial charge is 0.261 e. The van der Waals surface area contributed by atoms with Crippen LogP contribution in [0.15, 0.2) is 30.5 Å². The van der Waals surface area contributed by atoms with Crippen molar-refractivity contribution in [2.45, 2.75) is 31.8 Å². The minimum absolute atomic E-state index is 0.0389. The van der Waals surface area contributed by atoms with Gasteiger partial charge in [0.05, 0.1) is 4.88 Å². The fourth-order valence-electron chi connectivity index (χ4n) is 3.94. The lowest BCUT2D eigenvalue weighted by Crippen LogP contribution is -2.62. The van der Waals surface area contributed by atoms with E-state index in [1.165, 1.54) is 37.3 Å². The van der Waals surface area contributed by atoms with Gasteiger partial charge in [-0.1, -0.05) is 11.6 Å². The predicted octanol–water partition coefficient (Wildman–Crippen LogP) is 3.68. The summed E-state index contributed by atoms with van der Waals surface area (Å²) in [6.07, 6.45) is 4.08. The van der Waals surface area contributed by atoms with Gasteiger partial charge >= 0.3 is 0 Å². The molecule has 3 fully saturated rings. The normalized spacial score (nSPS) is 28.8. The third-order valence-corrected chi connectivity index (χ3v) is 6.66. The third kappa shape index (κ3) is 2.96. The van der Waals surface area contributed by atoms with Gasteiger partial charge < -0.3 is 5.32 Å². The van der Waals surface area contributed by atoms with E-state index in [0.29, 0.717) is 17.1 Å². The highest BCUT2D eigenvalue weighted by atomic mass is 35.5. The first-order valence-electron chi connectivity index (χ1n) is 8.38. The molecule has 0 aromatic carbocycles. The van der Waals surface area contributed by atoms with Crippen molar-refractivity contribution in [3.8, 4) is 10.4 Å². The van der Waals surface area contributed by atoms with Crippen molar-refractivity contribution in [2.75, 3.05) is 13.1 Å². The van der Waals surface area contributed by atoms with E-state index in [4.69, 9.17) is 11.6 Å².